The number of hydrogen-bond donors (Lipinski definition) is 1. The lowest BCUT2D eigenvalue weighted by molar-refractivity contribution is 0.0946. The molecule has 1 N–H and O–H groups in total. The monoisotopic (exact) mass is 319 g/mol. The van der Waals surface area contributed by atoms with Crippen LogP contribution in [0, 0.1) is 6.92 Å². The first-order valence-electron chi connectivity index (χ1n) is 8.03. The summed E-state index contributed by atoms with van der Waals surface area (Å²) >= 11 is 0. The largest absolute Gasteiger partial charge is 0.422 e. The Balaban J connectivity index is 1.57. The lowest BCUT2D eigenvalue weighted by Crippen LogP contribution is -2.35. The van der Waals surface area contributed by atoms with Crippen LogP contribution < -0.4 is 10.9 Å². The maximum Gasteiger partial charge on any atom is 0.349 e. The molecule has 1 atom stereocenters. The van der Waals surface area contributed by atoms with Gasteiger partial charge in [0.1, 0.15) is 11.1 Å². The van der Waals surface area contributed by atoms with Crippen LogP contribution in [0.15, 0.2) is 57.7 Å². The topological polar surface area (TPSA) is 59.3 Å². The number of para-hydroxylation sites is 1. The molecule has 1 aliphatic rings. The average molecular weight is 319 g/mol. The fourth-order valence-electron chi connectivity index (χ4n) is 3.42. The van der Waals surface area contributed by atoms with Crippen molar-refractivity contribution in [2.75, 3.05) is 6.54 Å². The van der Waals surface area contributed by atoms with Gasteiger partial charge in [0.2, 0.25) is 0 Å². The van der Waals surface area contributed by atoms with E-state index < -0.39 is 5.63 Å². The number of carbonyl (C=O) groups is 1. The van der Waals surface area contributed by atoms with Crippen molar-refractivity contribution < 1.29 is 9.21 Å². The van der Waals surface area contributed by atoms with Crippen LogP contribution in [-0.2, 0) is 6.42 Å². The first kappa shape index (κ1) is 14.7. The van der Waals surface area contributed by atoms with E-state index >= 15 is 0 Å². The molecular weight excluding hydrogens is 302 g/mol. The maximum absolute atomic E-state index is 12.5. The summed E-state index contributed by atoms with van der Waals surface area (Å²) in [6.07, 6.45) is 0.960. The summed E-state index contributed by atoms with van der Waals surface area (Å²) in [6.45, 7) is 2.31. The summed E-state index contributed by atoms with van der Waals surface area (Å²) in [6, 6.07) is 15.5. The predicted molar refractivity (Wildman–Crippen MR) is 92.4 cm³/mol. The number of hydrogen-bond acceptors (Lipinski definition) is 3. The van der Waals surface area contributed by atoms with Gasteiger partial charge in [0, 0.05) is 17.8 Å². The van der Waals surface area contributed by atoms with Crippen molar-refractivity contribution in [1.82, 2.24) is 5.32 Å². The van der Waals surface area contributed by atoms with E-state index in [0.29, 0.717) is 23.6 Å². The van der Waals surface area contributed by atoms with E-state index in [1.807, 2.05) is 24.3 Å². The van der Waals surface area contributed by atoms with Gasteiger partial charge in [0.15, 0.2) is 0 Å². The lowest BCUT2D eigenvalue weighted by Gasteiger charge is -2.30. The Morgan fingerprint density at radius 2 is 1.92 bits per heavy atom. The van der Waals surface area contributed by atoms with Crippen LogP contribution in [0.3, 0.4) is 0 Å². The number of rotatable bonds is 3. The Morgan fingerprint density at radius 1 is 1.17 bits per heavy atom. The Morgan fingerprint density at radius 3 is 2.75 bits per heavy atom. The number of aryl methyl sites for hydroxylation is 1. The highest BCUT2D eigenvalue weighted by atomic mass is 16.4. The summed E-state index contributed by atoms with van der Waals surface area (Å²) in [5.41, 5.74) is 3.29. The average Bonchev–Trinajstić information content (AvgIpc) is 2.56. The fourth-order valence-corrected chi connectivity index (χ4v) is 3.42. The molecule has 1 heterocycles. The molecule has 3 aromatic rings. The molecule has 0 spiro atoms. The molecule has 4 nitrogen and oxygen atoms in total. The van der Waals surface area contributed by atoms with Crippen LogP contribution in [0.1, 0.15) is 33.0 Å². The van der Waals surface area contributed by atoms with E-state index in [1.54, 1.807) is 19.1 Å². The van der Waals surface area contributed by atoms with E-state index in [2.05, 4.69) is 17.4 Å². The minimum atomic E-state index is -0.585. The van der Waals surface area contributed by atoms with E-state index in [4.69, 9.17) is 4.42 Å². The molecule has 4 rings (SSSR count). The molecular formula is C20H17NO3. The molecule has 24 heavy (non-hydrogen) atoms. The molecule has 4 heteroatoms. The van der Waals surface area contributed by atoms with Gasteiger partial charge in [-0.05, 0) is 36.1 Å². The second kappa shape index (κ2) is 5.64. The van der Waals surface area contributed by atoms with E-state index in [9.17, 15) is 9.59 Å². The van der Waals surface area contributed by atoms with Crippen LogP contribution in [-0.4, -0.2) is 12.5 Å². The van der Waals surface area contributed by atoms with Gasteiger partial charge in [-0.3, -0.25) is 4.79 Å². The third-order valence-corrected chi connectivity index (χ3v) is 4.77. The highest BCUT2D eigenvalue weighted by Crippen LogP contribution is 2.34. The summed E-state index contributed by atoms with van der Waals surface area (Å²) in [5, 5.41) is 3.68. The smallest absolute Gasteiger partial charge is 0.349 e. The molecule has 1 unspecified atom stereocenters. The zero-order valence-electron chi connectivity index (χ0n) is 13.3. The zero-order chi connectivity index (χ0) is 16.7. The maximum atomic E-state index is 12.5. The normalized spacial score (nSPS) is 15.6. The van der Waals surface area contributed by atoms with Crippen molar-refractivity contribution in [2.24, 2.45) is 0 Å². The Hall–Kier alpha value is -2.88. The number of benzene rings is 2. The molecule has 1 aromatic heterocycles. The van der Waals surface area contributed by atoms with Crippen LogP contribution >= 0.6 is 0 Å². The van der Waals surface area contributed by atoms with Crippen molar-refractivity contribution in [1.29, 1.82) is 0 Å². The van der Waals surface area contributed by atoms with Crippen molar-refractivity contribution in [3.05, 3.63) is 81.2 Å². The van der Waals surface area contributed by atoms with Crippen molar-refractivity contribution in [3.63, 3.8) is 0 Å². The predicted octanol–water partition coefficient (Wildman–Crippen LogP) is 3.17. The van der Waals surface area contributed by atoms with Crippen LogP contribution in [0.2, 0.25) is 0 Å². The molecule has 1 aliphatic carbocycles. The van der Waals surface area contributed by atoms with Crippen molar-refractivity contribution in [3.8, 4) is 0 Å². The van der Waals surface area contributed by atoms with Gasteiger partial charge in [0.05, 0.1) is 0 Å². The number of carbonyl (C=O) groups excluding carboxylic acids is 1. The quantitative estimate of drug-likeness (QED) is 0.754. The molecule has 0 aliphatic heterocycles. The van der Waals surface area contributed by atoms with Gasteiger partial charge in [-0.2, -0.15) is 0 Å². The van der Waals surface area contributed by atoms with Crippen molar-refractivity contribution in [2.45, 2.75) is 19.3 Å². The molecule has 0 radical (unpaired) electrons. The van der Waals surface area contributed by atoms with Gasteiger partial charge < -0.3 is 9.73 Å². The van der Waals surface area contributed by atoms with Gasteiger partial charge in [-0.1, -0.05) is 42.5 Å². The van der Waals surface area contributed by atoms with Crippen LogP contribution in [0.4, 0.5) is 0 Å². The van der Waals surface area contributed by atoms with Gasteiger partial charge >= 0.3 is 5.63 Å². The summed E-state index contributed by atoms with van der Waals surface area (Å²) in [7, 11) is 0. The highest BCUT2D eigenvalue weighted by molar-refractivity contribution is 5.99. The Labute approximate surface area is 139 Å². The Kier molecular flexibility index (Phi) is 3.45. The van der Waals surface area contributed by atoms with E-state index in [0.717, 1.165) is 11.8 Å². The second-order valence-corrected chi connectivity index (χ2v) is 6.20. The number of fused-ring (bicyclic) bond motifs is 2. The standard InChI is InChI=1S/C20H17NO3/c1-12-15-7-4-5-9-17(15)24-20(23)18(12)19(22)21-11-14-10-13-6-2-3-8-16(13)14/h2-9,14H,10-11H2,1H3,(H,21,22). The first-order valence-corrected chi connectivity index (χ1v) is 8.03. The number of amides is 1. The van der Waals surface area contributed by atoms with Crippen molar-refractivity contribution >= 4 is 16.9 Å². The third kappa shape index (κ3) is 2.31. The molecule has 1 amide bonds. The summed E-state index contributed by atoms with van der Waals surface area (Å²) in [4.78, 5) is 24.7. The fraction of sp³-hybridized carbons (Fsp3) is 0.200. The van der Waals surface area contributed by atoms with Gasteiger partial charge in [-0.25, -0.2) is 4.79 Å². The molecule has 0 fully saturated rings. The minimum absolute atomic E-state index is 0.0984. The third-order valence-electron chi connectivity index (χ3n) is 4.77. The lowest BCUT2D eigenvalue weighted by atomic mass is 9.77. The Bertz CT molecular complexity index is 1000. The van der Waals surface area contributed by atoms with Gasteiger partial charge in [0.25, 0.3) is 5.91 Å². The molecule has 0 saturated heterocycles. The van der Waals surface area contributed by atoms with E-state index in [1.165, 1.54) is 11.1 Å². The van der Waals surface area contributed by atoms with Crippen LogP contribution in [0.25, 0.3) is 11.0 Å². The summed E-state index contributed by atoms with van der Waals surface area (Å²) < 4.78 is 5.28. The number of nitrogens with one attached hydrogen (secondary N) is 1. The highest BCUT2D eigenvalue weighted by Gasteiger charge is 2.26. The van der Waals surface area contributed by atoms with E-state index in [-0.39, 0.29) is 11.5 Å². The SMILES string of the molecule is Cc1c(C(=O)NCC2Cc3ccccc32)c(=O)oc2ccccc12. The van der Waals surface area contributed by atoms with Crippen LogP contribution in [0.5, 0.6) is 0 Å². The summed E-state index contributed by atoms with van der Waals surface area (Å²) in [5.74, 6) is -0.0469. The van der Waals surface area contributed by atoms with Gasteiger partial charge in [-0.15, -0.1) is 0 Å². The molecule has 0 saturated carbocycles. The first-order chi connectivity index (χ1) is 11.6. The minimum Gasteiger partial charge on any atom is -0.422 e. The molecule has 2 aromatic carbocycles. The molecule has 120 valence electrons. The second-order valence-electron chi connectivity index (χ2n) is 6.20. The molecule has 0 bridgehead atoms. The zero-order valence-corrected chi connectivity index (χ0v) is 13.3.